The first-order valence-corrected chi connectivity index (χ1v) is 7.67. The normalized spacial score (nSPS) is 11.0. The van der Waals surface area contributed by atoms with Gasteiger partial charge in [0.05, 0.1) is 15.3 Å². The summed E-state index contributed by atoms with van der Waals surface area (Å²) in [7, 11) is 0. The average molecular weight is 330 g/mol. The molecule has 0 aliphatic rings. The van der Waals surface area contributed by atoms with Crippen LogP contribution in [0.3, 0.4) is 0 Å². The van der Waals surface area contributed by atoms with Crippen LogP contribution in [-0.4, -0.2) is 19.9 Å². The number of rotatable bonds is 4. The molecule has 0 saturated heterocycles. The van der Waals surface area contributed by atoms with E-state index in [1.165, 1.54) is 23.9 Å². The standard InChI is InChI=1S/C14H14N6O2S/c1-2-9-10-11(15)17-14(16)19-12(10)18-13(9)23-8-5-3-7(4-6-8)20(21)22/h3-6H,2H2,1H3,(H5,15,16,17,18,19). The van der Waals surface area contributed by atoms with E-state index < -0.39 is 4.92 Å². The van der Waals surface area contributed by atoms with E-state index in [0.29, 0.717) is 11.5 Å². The number of nitro benzene ring substituents is 1. The van der Waals surface area contributed by atoms with E-state index in [4.69, 9.17) is 11.5 Å². The minimum absolute atomic E-state index is 0.0598. The number of nitrogen functional groups attached to an aromatic ring is 2. The van der Waals surface area contributed by atoms with E-state index >= 15 is 0 Å². The van der Waals surface area contributed by atoms with Crippen molar-refractivity contribution in [2.24, 2.45) is 0 Å². The summed E-state index contributed by atoms with van der Waals surface area (Å²) in [5.41, 5.74) is 13.2. The summed E-state index contributed by atoms with van der Waals surface area (Å²) < 4.78 is 0. The van der Waals surface area contributed by atoms with Crippen LogP contribution in [-0.2, 0) is 6.42 Å². The molecule has 0 radical (unpaired) electrons. The maximum Gasteiger partial charge on any atom is 0.269 e. The molecule has 9 heteroatoms. The number of non-ortho nitro benzene ring substituents is 1. The number of aryl methyl sites for hydroxylation is 1. The van der Waals surface area contributed by atoms with Gasteiger partial charge in [-0.25, -0.2) is 0 Å². The molecular formula is C14H14N6O2S. The molecule has 0 atom stereocenters. The van der Waals surface area contributed by atoms with Gasteiger partial charge >= 0.3 is 0 Å². The van der Waals surface area contributed by atoms with Gasteiger partial charge in [-0.05, 0) is 24.1 Å². The average Bonchev–Trinajstić information content (AvgIpc) is 2.85. The Morgan fingerprint density at radius 1 is 1.26 bits per heavy atom. The molecule has 0 fully saturated rings. The van der Waals surface area contributed by atoms with Crippen molar-refractivity contribution in [1.82, 2.24) is 15.0 Å². The zero-order valence-electron chi connectivity index (χ0n) is 12.2. The lowest BCUT2D eigenvalue weighted by atomic mass is 10.2. The third kappa shape index (κ3) is 2.78. The summed E-state index contributed by atoms with van der Waals surface area (Å²) in [6.45, 7) is 2.01. The van der Waals surface area contributed by atoms with E-state index in [1.54, 1.807) is 12.1 Å². The molecule has 0 amide bonds. The quantitative estimate of drug-likeness (QED) is 0.494. The molecule has 2 aromatic heterocycles. The van der Waals surface area contributed by atoms with E-state index in [1.807, 2.05) is 6.92 Å². The highest BCUT2D eigenvalue weighted by Crippen LogP contribution is 2.36. The Kier molecular flexibility index (Phi) is 3.78. The second kappa shape index (κ2) is 5.76. The lowest BCUT2D eigenvalue weighted by Gasteiger charge is -2.03. The molecule has 0 saturated carbocycles. The van der Waals surface area contributed by atoms with Gasteiger partial charge in [-0.15, -0.1) is 0 Å². The minimum Gasteiger partial charge on any atom is -0.383 e. The topological polar surface area (TPSA) is 137 Å². The molecule has 0 spiro atoms. The maximum absolute atomic E-state index is 10.7. The van der Waals surface area contributed by atoms with Crippen molar-refractivity contribution in [3.63, 3.8) is 0 Å². The van der Waals surface area contributed by atoms with Gasteiger partial charge in [0.15, 0.2) is 0 Å². The molecule has 0 aliphatic heterocycles. The molecule has 1 aromatic carbocycles. The van der Waals surface area contributed by atoms with E-state index in [9.17, 15) is 10.1 Å². The number of benzene rings is 1. The molecule has 0 bridgehead atoms. The number of aromatic nitrogens is 3. The number of fused-ring (bicyclic) bond motifs is 1. The van der Waals surface area contributed by atoms with Gasteiger partial charge in [0.2, 0.25) is 5.95 Å². The minimum atomic E-state index is -0.423. The predicted octanol–water partition coefficient (Wildman–Crippen LogP) is 2.74. The highest BCUT2D eigenvalue weighted by molar-refractivity contribution is 7.99. The Balaban J connectivity index is 2.02. The number of hydrogen-bond acceptors (Lipinski definition) is 7. The molecule has 23 heavy (non-hydrogen) atoms. The van der Waals surface area contributed by atoms with Crippen molar-refractivity contribution in [1.29, 1.82) is 0 Å². The Morgan fingerprint density at radius 2 is 1.96 bits per heavy atom. The lowest BCUT2D eigenvalue weighted by Crippen LogP contribution is -2.00. The van der Waals surface area contributed by atoms with Crippen LogP contribution >= 0.6 is 11.8 Å². The number of nitrogens with two attached hydrogens (primary N) is 2. The smallest absolute Gasteiger partial charge is 0.269 e. The first-order valence-electron chi connectivity index (χ1n) is 6.85. The largest absolute Gasteiger partial charge is 0.383 e. The summed E-state index contributed by atoms with van der Waals surface area (Å²) in [6, 6.07) is 6.36. The molecule has 0 unspecified atom stereocenters. The molecule has 3 rings (SSSR count). The Hall–Kier alpha value is -2.81. The van der Waals surface area contributed by atoms with Crippen LogP contribution in [0.25, 0.3) is 11.0 Å². The van der Waals surface area contributed by atoms with Gasteiger partial charge < -0.3 is 16.5 Å². The second-order valence-electron chi connectivity index (χ2n) is 4.83. The van der Waals surface area contributed by atoms with Gasteiger partial charge in [-0.1, -0.05) is 18.7 Å². The third-order valence-corrected chi connectivity index (χ3v) is 4.44. The van der Waals surface area contributed by atoms with Crippen LogP contribution in [0.4, 0.5) is 17.5 Å². The molecule has 2 heterocycles. The lowest BCUT2D eigenvalue weighted by molar-refractivity contribution is -0.384. The maximum atomic E-state index is 10.7. The van der Waals surface area contributed by atoms with Crippen LogP contribution in [0.5, 0.6) is 0 Å². The molecule has 0 aliphatic carbocycles. The molecule has 8 nitrogen and oxygen atoms in total. The summed E-state index contributed by atoms with van der Waals surface area (Å²) in [4.78, 5) is 22.5. The Bertz CT molecular complexity index is 890. The summed E-state index contributed by atoms with van der Waals surface area (Å²) >= 11 is 1.46. The SMILES string of the molecule is CCc1c(Sc2ccc([N+](=O)[O-])cc2)[nH]c2nc(N)nc(N)c12. The van der Waals surface area contributed by atoms with Crippen LogP contribution in [0.1, 0.15) is 12.5 Å². The van der Waals surface area contributed by atoms with E-state index in [2.05, 4.69) is 15.0 Å². The fourth-order valence-electron chi connectivity index (χ4n) is 2.36. The molecule has 3 aromatic rings. The fourth-order valence-corrected chi connectivity index (χ4v) is 3.38. The van der Waals surface area contributed by atoms with Crippen LogP contribution in [0, 0.1) is 10.1 Å². The van der Waals surface area contributed by atoms with Crippen molar-refractivity contribution in [3.05, 3.63) is 39.9 Å². The van der Waals surface area contributed by atoms with Crippen molar-refractivity contribution in [3.8, 4) is 0 Å². The molecule has 5 N–H and O–H groups in total. The van der Waals surface area contributed by atoms with Crippen molar-refractivity contribution < 1.29 is 4.92 Å². The van der Waals surface area contributed by atoms with Gasteiger partial charge in [0.25, 0.3) is 5.69 Å². The fraction of sp³-hybridized carbons (Fsp3) is 0.143. The number of nitrogens with one attached hydrogen (secondary N) is 1. The highest BCUT2D eigenvalue weighted by Gasteiger charge is 2.16. The summed E-state index contributed by atoms with van der Waals surface area (Å²) in [5.74, 6) is 0.460. The molecule has 118 valence electrons. The number of anilines is 2. The van der Waals surface area contributed by atoms with Gasteiger partial charge in [0, 0.05) is 17.0 Å². The van der Waals surface area contributed by atoms with Crippen molar-refractivity contribution in [2.45, 2.75) is 23.3 Å². The monoisotopic (exact) mass is 330 g/mol. The van der Waals surface area contributed by atoms with E-state index in [0.717, 1.165) is 27.3 Å². The Morgan fingerprint density at radius 3 is 2.57 bits per heavy atom. The molecular weight excluding hydrogens is 316 g/mol. The van der Waals surface area contributed by atoms with Crippen molar-refractivity contribution >= 4 is 40.2 Å². The number of H-pyrrole nitrogens is 1. The van der Waals surface area contributed by atoms with Crippen LogP contribution in [0.15, 0.2) is 34.2 Å². The number of aromatic amines is 1. The second-order valence-corrected chi connectivity index (χ2v) is 5.91. The zero-order valence-corrected chi connectivity index (χ0v) is 13.1. The third-order valence-electron chi connectivity index (χ3n) is 3.38. The highest BCUT2D eigenvalue weighted by atomic mass is 32.2. The number of nitrogens with zero attached hydrogens (tertiary/aromatic N) is 3. The summed E-state index contributed by atoms with van der Waals surface area (Å²) in [5, 5.41) is 12.4. The number of hydrogen-bond donors (Lipinski definition) is 3. The van der Waals surface area contributed by atoms with Crippen molar-refractivity contribution in [2.75, 3.05) is 11.5 Å². The first kappa shape index (κ1) is 15.1. The van der Waals surface area contributed by atoms with Gasteiger partial charge in [-0.2, -0.15) is 9.97 Å². The van der Waals surface area contributed by atoms with Gasteiger partial charge in [0.1, 0.15) is 11.5 Å². The Labute approximate surface area is 135 Å². The predicted molar refractivity (Wildman–Crippen MR) is 89.3 cm³/mol. The summed E-state index contributed by atoms with van der Waals surface area (Å²) in [6.07, 6.45) is 0.743. The van der Waals surface area contributed by atoms with Crippen LogP contribution in [0.2, 0.25) is 0 Å². The zero-order chi connectivity index (χ0) is 16.6. The van der Waals surface area contributed by atoms with Crippen LogP contribution < -0.4 is 11.5 Å². The number of nitro groups is 1. The first-order chi connectivity index (χ1) is 11.0. The van der Waals surface area contributed by atoms with Gasteiger partial charge in [-0.3, -0.25) is 10.1 Å². The van der Waals surface area contributed by atoms with E-state index in [-0.39, 0.29) is 11.6 Å².